The van der Waals surface area contributed by atoms with Gasteiger partial charge >= 0.3 is 12.3 Å². The molecule has 1 amide bonds. The number of benzene rings is 3. The molecule has 1 heterocycles. The fourth-order valence-electron chi connectivity index (χ4n) is 3.36. The molecule has 0 aliphatic carbocycles. The van der Waals surface area contributed by atoms with Gasteiger partial charge in [0.25, 0.3) is 5.91 Å². The van der Waals surface area contributed by atoms with E-state index in [9.17, 15) is 18.4 Å². The Bertz CT molecular complexity index is 1160. The summed E-state index contributed by atoms with van der Waals surface area (Å²) in [5.41, 5.74) is 3.21. The van der Waals surface area contributed by atoms with E-state index >= 15 is 0 Å². The number of esters is 1. The average Bonchev–Trinajstić information content (AvgIpc) is 3.10. The number of hydrogen-bond acceptors (Lipinski definition) is 5. The summed E-state index contributed by atoms with van der Waals surface area (Å²) < 4.78 is 39.9. The Morgan fingerprint density at radius 2 is 1.69 bits per heavy atom. The standard InChI is InChI=1S/C24H19F2NO5/c1-30-22(28)13-8-15-6-9-16(10-7-15)18-4-2-3-5-19(18)23(29)27-17-11-12-20-21(14-17)32-24(25,26)31-20/h2-7,9-12,14H,8,13H2,1H3,(H,27,29). The number of anilines is 1. The van der Waals surface area contributed by atoms with Gasteiger partial charge in [-0.2, -0.15) is 0 Å². The fraction of sp³-hybridized carbons (Fsp3) is 0.167. The lowest BCUT2D eigenvalue weighted by Crippen LogP contribution is -2.25. The van der Waals surface area contributed by atoms with Crippen LogP contribution in [0.15, 0.2) is 66.7 Å². The maximum absolute atomic E-state index is 13.2. The Hall–Kier alpha value is -3.94. The number of ether oxygens (including phenoxy) is 3. The average molecular weight is 439 g/mol. The fourth-order valence-corrected chi connectivity index (χ4v) is 3.36. The summed E-state index contributed by atoms with van der Waals surface area (Å²) in [7, 11) is 1.35. The first-order valence-electron chi connectivity index (χ1n) is 9.81. The van der Waals surface area contributed by atoms with Gasteiger partial charge in [0.1, 0.15) is 0 Å². The molecule has 0 unspecified atom stereocenters. The second kappa shape index (κ2) is 8.66. The molecule has 0 atom stereocenters. The smallest absolute Gasteiger partial charge is 0.469 e. The van der Waals surface area contributed by atoms with Gasteiger partial charge in [0.05, 0.1) is 7.11 Å². The highest BCUT2D eigenvalue weighted by molar-refractivity contribution is 6.08. The normalized spacial score (nSPS) is 13.5. The third kappa shape index (κ3) is 4.69. The van der Waals surface area contributed by atoms with Crippen molar-refractivity contribution in [2.24, 2.45) is 0 Å². The van der Waals surface area contributed by atoms with Gasteiger partial charge in [0, 0.05) is 23.7 Å². The first-order valence-corrected chi connectivity index (χ1v) is 9.81. The molecule has 0 aromatic heterocycles. The number of aryl methyl sites for hydroxylation is 1. The first-order chi connectivity index (χ1) is 15.3. The summed E-state index contributed by atoms with van der Waals surface area (Å²) in [6.07, 6.45) is -2.88. The van der Waals surface area contributed by atoms with Gasteiger partial charge in [0.15, 0.2) is 11.5 Å². The number of nitrogens with one attached hydrogen (secondary N) is 1. The summed E-state index contributed by atoms with van der Waals surface area (Å²) in [5, 5.41) is 2.71. The molecule has 0 radical (unpaired) electrons. The summed E-state index contributed by atoms with van der Waals surface area (Å²) in [6, 6.07) is 18.6. The third-order valence-electron chi connectivity index (χ3n) is 4.94. The van der Waals surface area contributed by atoms with Crippen LogP contribution >= 0.6 is 0 Å². The molecular formula is C24H19F2NO5. The van der Waals surface area contributed by atoms with E-state index in [4.69, 9.17) is 0 Å². The number of carbonyl (C=O) groups is 2. The number of rotatable bonds is 6. The number of hydrogen-bond donors (Lipinski definition) is 1. The highest BCUT2D eigenvalue weighted by atomic mass is 19.3. The molecule has 1 N–H and O–H groups in total. The molecule has 3 aromatic carbocycles. The molecule has 3 aromatic rings. The number of halogens is 2. The molecule has 4 rings (SSSR count). The summed E-state index contributed by atoms with van der Waals surface area (Å²) >= 11 is 0. The Balaban J connectivity index is 1.51. The minimum Gasteiger partial charge on any atom is -0.469 e. The molecule has 6 nitrogen and oxygen atoms in total. The zero-order chi connectivity index (χ0) is 22.7. The highest BCUT2D eigenvalue weighted by Crippen LogP contribution is 2.42. The van der Waals surface area contributed by atoms with Gasteiger partial charge in [-0.1, -0.05) is 42.5 Å². The van der Waals surface area contributed by atoms with Crippen LogP contribution in [0.4, 0.5) is 14.5 Å². The van der Waals surface area contributed by atoms with Crippen molar-refractivity contribution in [3.05, 3.63) is 77.9 Å². The number of amides is 1. The zero-order valence-corrected chi connectivity index (χ0v) is 17.1. The predicted molar refractivity (Wildman–Crippen MR) is 113 cm³/mol. The molecular weight excluding hydrogens is 420 g/mol. The van der Waals surface area contributed by atoms with E-state index in [1.807, 2.05) is 36.4 Å². The second-order valence-corrected chi connectivity index (χ2v) is 7.10. The van der Waals surface area contributed by atoms with Crippen LogP contribution in [0.25, 0.3) is 11.1 Å². The van der Waals surface area contributed by atoms with E-state index in [-0.39, 0.29) is 23.9 Å². The molecule has 32 heavy (non-hydrogen) atoms. The van der Waals surface area contributed by atoms with E-state index in [0.717, 1.165) is 11.1 Å². The highest BCUT2D eigenvalue weighted by Gasteiger charge is 2.43. The lowest BCUT2D eigenvalue weighted by atomic mass is 9.97. The second-order valence-electron chi connectivity index (χ2n) is 7.10. The molecule has 0 bridgehead atoms. The maximum Gasteiger partial charge on any atom is 0.586 e. The molecule has 164 valence electrons. The van der Waals surface area contributed by atoms with Crippen LogP contribution in [-0.4, -0.2) is 25.3 Å². The van der Waals surface area contributed by atoms with E-state index in [1.54, 1.807) is 12.1 Å². The van der Waals surface area contributed by atoms with Crippen molar-refractivity contribution >= 4 is 17.6 Å². The Morgan fingerprint density at radius 3 is 2.44 bits per heavy atom. The van der Waals surface area contributed by atoms with Gasteiger partial charge < -0.3 is 19.5 Å². The van der Waals surface area contributed by atoms with Crippen LogP contribution in [0.1, 0.15) is 22.3 Å². The van der Waals surface area contributed by atoms with Crippen LogP contribution in [0, 0.1) is 0 Å². The molecule has 1 aliphatic rings. The van der Waals surface area contributed by atoms with E-state index < -0.39 is 12.2 Å². The summed E-state index contributed by atoms with van der Waals surface area (Å²) in [5.74, 6) is -0.923. The first kappa shape index (κ1) is 21.3. The topological polar surface area (TPSA) is 73.9 Å². The van der Waals surface area contributed by atoms with Crippen molar-refractivity contribution in [2.45, 2.75) is 19.1 Å². The van der Waals surface area contributed by atoms with Crippen LogP contribution in [-0.2, 0) is 16.0 Å². The molecule has 0 spiro atoms. The SMILES string of the molecule is COC(=O)CCc1ccc(-c2ccccc2C(=O)Nc2ccc3c(c2)OC(F)(F)O3)cc1. The Labute approximate surface area is 182 Å². The van der Waals surface area contributed by atoms with Crippen LogP contribution in [0.3, 0.4) is 0 Å². The maximum atomic E-state index is 13.2. The van der Waals surface area contributed by atoms with Gasteiger partial charge in [-0.05, 0) is 41.3 Å². The third-order valence-corrected chi connectivity index (χ3v) is 4.94. The molecule has 0 saturated carbocycles. The van der Waals surface area contributed by atoms with Crippen LogP contribution < -0.4 is 14.8 Å². The van der Waals surface area contributed by atoms with Gasteiger partial charge in [-0.25, -0.2) is 0 Å². The van der Waals surface area contributed by atoms with Crippen molar-refractivity contribution in [3.8, 4) is 22.6 Å². The minimum atomic E-state index is -3.72. The Morgan fingerprint density at radius 1 is 0.969 bits per heavy atom. The van der Waals surface area contributed by atoms with E-state index in [2.05, 4.69) is 19.5 Å². The number of methoxy groups -OCH3 is 1. The summed E-state index contributed by atoms with van der Waals surface area (Å²) in [4.78, 5) is 24.2. The zero-order valence-electron chi connectivity index (χ0n) is 17.1. The Kier molecular flexibility index (Phi) is 5.77. The van der Waals surface area contributed by atoms with Crippen molar-refractivity contribution < 1.29 is 32.6 Å². The van der Waals surface area contributed by atoms with Crippen molar-refractivity contribution in [2.75, 3.05) is 12.4 Å². The van der Waals surface area contributed by atoms with Gasteiger partial charge in [-0.3, -0.25) is 9.59 Å². The largest absolute Gasteiger partial charge is 0.586 e. The van der Waals surface area contributed by atoms with E-state index in [0.29, 0.717) is 23.2 Å². The number of alkyl halides is 2. The molecule has 8 heteroatoms. The van der Waals surface area contributed by atoms with Crippen molar-refractivity contribution in [1.82, 2.24) is 0 Å². The van der Waals surface area contributed by atoms with Gasteiger partial charge in [-0.15, -0.1) is 8.78 Å². The van der Waals surface area contributed by atoms with Gasteiger partial charge in [0.2, 0.25) is 0 Å². The van der Waals surface area contributed by atoms with E-state index in [1.165, 1.54) is 25.3 Å². The predicted octanol–water partition coefficient (Wildman–Crippen LogP) is 5.03. The van der Waals surface area contributed by atoms with Crippen molar-refractivity contribution in [1.29, 1.82) is 0 Å². The summed E-state index contributed by atoms with van der Waals surface area (Å²) in [6.45, 7) is 0. The van der Waals surface area contributed by atoms with Crippen LogP contribution in [0.5, 0.6) is 11.5 Å². The number of carbonyl (C=O) groups excluding carboxylic acids is 2. The molecule has 0 saturated heterocycles. The minimum absolute atomic E-state index is 0.0966. The quantitative estimate of drug-likeness (QED) is 0.545. The molecule has 0 fully saturated rings. The monoisotopic (exact) mass is 439 g/mol. The lowest BCUT2D eigenvalue weighted by Gasteiger charge is -2.11. The van der Waals surface area contributed by atoms with Crippen LogP contribution in [0.2, 0.25) is 0 Å². The molecule has 1 aliphatic heterocycles. The van der Waals surface area contributed by atoms with Crippen molar-refractivity contribution in [3.63, 3.8) is 0 Å². The number of fused-ring (bicyclic) bond motifs is 1. The lowest BCUT2D eigenvalue weighted by molar-refractivity contribution is -0.286.